The molecule has 2 aliphatic rings. The van der Waals surface area contributed by atoms with Crippen molar-refractivity contribution in [3.8, 4) is 0 Å². The van der Waals surface area contributed by atoms with E-state index in [0.29, 0.717) is 38.9 Å². The summed E-state index contributed by atoms with van der Waals surface area (Å²) < 4.78 is 11.4. The summed E-state index contributed by atoms with van der Waals surface area (Å²) in [4.78, 5) is 52.4. The third-order valence-electron chi connectivity index (χ3n) is 6.97. The Morgan fingerprint density at radius 2 is 1.82 bits per heavy atom. The minimum Gasteiger partial charge on any atom is -0.465 e. The van der Waals surface area contributed by atoms with Gasteiger partial charge in [-0.15, -0.1) is 0 Å². The minimum atomic E-state index is -1.54. The summed E-state index contributed by atoms with van der Waals surface area (Å²) in [6.07, 6.45) is 0.117. The second-order valence-electron chi connectivity index (χ2n) is 9.68. The van der Waals surface area contributed by atoms with E-state index in [1.54, 1.807) is 12.1 Å². The standard InChI is InChI=1S/C26H36N4O8/c1-16(14-21(31)19-7-2-3-8-20(19)24(27)29-36)22(32)23(38-18-9-11-28-12-10-18)25(33)37-15-17-6-4-5-13-30(17)26(34)35/h2-3,7-8,16-18,23,28,36H,4-6,9-15H2,1H3,(H2,27,29)(H,34,35). The number of ketones is 2. The normalized spacial score (nSPS) is 20.4. The van der Waals surface area contributed by atoms with Crippen LogP contribution in [0, 0.1) is 5.92 Å². The smallest absolute Gasteiger partial charge is 0.407 e. The highest BCUT2D eigenvalue weighted by Crippen LogP contribution is 2.21. The molecule has 208 valence electrons. The number of benzene rings is 1. The van der Waals surface area contributed by atoms with Crippen molar-refractivity contribution >= 4 is 29.5 Å². The molecule has 1 aromatic carbocycles. The highest BCUT2D eigenvalue weighted by molar-refractivity contribution is 6.11. The van der Waals surface area contributed by atoms with Gasteiger partial charge in [0.25, 0.3) is 0 Å². The van der Waals surface area contributed by atoms with Crippen LogP contribution in [0.2, 0.25) is 0 Å². The molecule has 3 unspecified atom stereocenters. The average molecular weight is 533 g/mol. The van der Waals surface area contributed by atoms with Crippen LogP contribution in [-0.4, -0.2) is 89.2 Å². The Hall–Kier alpha value is -3.51. The van der Waals surface area contributed by atoms with E-state index in [-0.39, 0.29) is 36.1 Å². The number of nitrogens with zero attached hydrogens (tertiary/aromatic N) is 2. The fourth-order valence-electron chi connectivity index (χ4n) is 4.79. The fourth-order valence-corrected chi connectivity index (χ4v) is 4.79. The van der Waals surface area contributed by atoms with Crippen molar-refractivity contribution < 1.29 is 39.0 Å². The maximum Gasteiger partial charge on any atom is 0.407 e. The monoisotopic (exact) mass is 532 g/mol. The van der Waals surface area contributed by atoms with Crippen LogP contribution in [0.25, 0.3) is 0 Å². The highest BCUT2D eigenvalue weighted by atomic mass is 16.6. The topological polar surface area (TPSA) is 181 Å². The zero-order valence-electron chi connectivity index (χ0n) is 21.5. The molecule has 12 heteroatoms. The first-order chi connectivity index (χ1) is 18.2. The number of hydrogen-bond donors (Lipinski definition) is 4. The molecule has 2 heterocycles. The molecule has 1 amide bonds. The molecule has 5 N–H and O–H groups in total. The van der Waals surface area contributed by atoms with Crippen LogP contribution in [0.5, 0.6) is 0 Å². The Balaban J connectivity index is 1.72. The van der Waals surface area contributed by atoms with Gasteiger partial charge >= 0.3 is 12.1 Å². The molecule has 0 radical (unpaired) electrons. The molecule has 2 aliphatic heterocycles. The number of rotatable bonds is 11. The Morgan fingerprint density at radius 3 is 2.47 bits per heavy atom. The third kappa shape index (κ3) is 7.51. The highest BCUT2D eigenvalue weighted by Gasteiger charge is 2.37. The Kier molecular flexibility index (Phi) is 10.6. The number of nitrogens with two attached hydrogens (primary N) is 1. The van der Waals surface area contributed by atoms with Crippen molar-refractivity contribution in [2.45, 2.75) is 63.7 Å². The van der Waals surface area contributed by atoms with Crippen LogP contribution in [0.15, 0.2) is 29.4 Å². The number of Topliss-reactive ketones (excluding diaryl/α,β-unsaturated/α-hetero) is 2. The molecule has 2 saturated heterocycles. The number of esters is 1. The summed E-state index contributed by atoms with van der Waals surface area (Å²) in [5.74, 6) is -3.03. The molecule has 3 atom stereocenters. The van der Waals surface area contributed by atoms with Crippen LogP contribution < -0.4 is 11.1 Å². The van der Waals surface area contributed by atoms with Crippen molar-refractivity contribution in [1.82, 2.24) is 10.2 Å². The number of carbonyl (C=O) groups excluding carboxylic acids is 3. The summed E-state index contributed by atoms with van der Waals surface area (Å²) >= 11 is 0. The van der Waals surface area contributed by atoms with Gasteiger partial charge in [-0.3, -0.25) is 9.59 Å². The van der Waals surface area contributed by atoms with E-state index in [1.165, 1.54) is 24.0 Å². The Labute approximate surface area is 221 Å². The van der Waals surface area contributed by atoms with E-state index >= 15 is 0 Å². The zero-order chi connectivity index (χ0) is 27.7. The van der Waals surface area contributed by atoms with Gasteiger partial charge in [-0.25, -0.2) is 9.59 Å². The van der Waals surface area contributed by atoms with Gasteiger partial charge in [0.15, 0.2) is 17.4 Å². The summed E-state index contributed by atoms with van der Waals surface area (Å²) in [6.45, 7) is 3.07. The van der Waals surface area contributed by atoms with Gasteiger partial charge in [-0.05, 0) is 45.2 Å². The van der Waals surface area contributed by atoms with Gasteiger partial charge < -0.3 is 35.7 Å². The molecule has 12 nitrogen and oxygen atoms in total. The number of piperidine rings is 2. The first-order valence-electron chi connectivity index (χ1n) is 12.9. The van der Waals surface area contributed by atoms with Crippen LogP contribution in [0.1, 0.15) is 61.4 Å². The molecular weight excluding hydrogens is 496 g/mol. The van der Waals surface area contributed by atoms with Crippen LogP contribution in [-0.2, 0) is 19.1 Å². The predicted molar refractivity (Wildman–Crippen MR) is 136 cm³/mol. The maximum atomic E-state index is 13.4. The lowest BCUT2D eigenvalue weighted by atomic mass is 9.91. The van der Waals surface area contributed by atoms with Gasteiger partial charge in [-0.1, -0.05) is 36.3 Å². The lowest BCUT2D eigenvalue weighted by Gasteiger charge is -2.33. The number of ether oxygens (including phenoxy) is 2. The predicted octanol–water partition coefficient (Wildman–Crippen LogP) is 1.77. The molecule has 0 aliphatic carbocycles. The van der Waals surface area contributed by atoms with E-state index in [4.69, 9.17) is 20.4 Å². The molecule has 0 bridgehead atoms. The minimum absolute atomic E-state index is 0.176. The quantitative estimate of drug-likeness (QED) is 0.0623. The molecule has 2 fully saturated rings. The van der Waals surface area contributed by atoms with Gasteiger partial charge in [0.05, 0.1) is 12.1 Å². The van der Waals surface area contributed by atoms with Crippen molar-refractivity contribution in [3.63, 3.8) is 0 Å². The zero-order valence-corrected chi connectivity index (χ0v) is 21.5. The molecule has 0 spiro atoms. The molecular formula is C26H36N4O8. The number of nitrogens with one attached hydrogen (secondary N) is 1. The van der Waals surface area contributed by atoms with Gasteiger partial charge in [0, 0.05) is 30.0 Å². The second kappa shape index (κ2) is 13.9. The van der Waals surface area contributed by atoms with E-state index in [1.807, 2.05) is 0 Å². The van der Waals surface area contributed by atoms with Crippen molar-refractivity contribution in [3.05, 3.63) is 35.4 Å². The lowest BCUT2D eigenvalue weighted by Crippen LogP contribution is -2.48. The maximum absolute atomic E-state index is 13.4. The largest absolute Gasteiger partial charge is 0.465 e. The molecule has 3 rings (SSSR count). The number of carbonyl (C=O) groups is 4. The first kappa shape index (κ1) is 29.1. The van der Waals surface area contributed by atoms with Crippen LogP contribution >= 0.6 is 0 Å². The van der Waals surface area contributed by atoms with Crippen molar-refractivity contribution in [1.29, 1.82) is 0 Å². The fraction of sp³-hybridized carbons (Fsp3) is 0.577. The van der Waals surface area contributed by atoms with Gasteiger partial charge in [-0.2, -0.15) is 0 Å². The Bertz CT molecular complexity index is 1040. The number of amidine groups is 1. The van der Waals surface area contributed by atoms with Gasteiger partial charge in [0.2, 0.25) is 6.10 Å². The lowest BCUT2D eigenvalue weighted by molar-refractivity contribution is -0.169. The third-order valence-corrected chi connectivity index (χ3v) is 6.97. The van der Waals surface area contributed by atoms with E-state index in [0.717, 1.165) is 12.8 Å². The number of carboxylic acid groups (broad SMARTS) is 1. The van der Waals surface area contributed by atoms with Crippen LogP contribution in [0.3, 0.4) is 0 Å². The summed E-state index contributed by atoms with van der Waals surface area (Å²) in [6, 6.07) is 5.81. The van der Waals surface area contributed by atoms with Gasteiger partial charge in [0.1, 0.15) is 6.61 Å². The SMILES string of the molecule is CC(CC(=O)c1ccccc1/C(N)=N\O)C(=O)C(OC1CCNCC1)C(=O)OCC1CCCCN1C(=O)O. The number of oxime groups is 1. The summed E-state index contributed by atoms with van der Waals surface area (Å²) in [7, 11) is 0. The molecule has 1 aromatic rings. The van der Waals surface area contributed by atoms with Crippen molar-refractivity contribution in [2.24, 2.45) is 16.8 Å². The average Bonchev–Trinajstić information content (AvgIpc) is 2.94. The second-order valence-corrected chi connectivity index (χ2v) is 9.68. The van der Waals surface area contributed by atoms with Crippen molar-refractivity contribution in [2.75, 3.05) is 26.2 Å². The summed E-state index contributed by atoms with van der Waals surface area (Å²) in [5, 5.41) is 24.6. The van der Waals surface area contributed by atoms with E-state index in [9.17, 15) is 24.3 Å². The number of hydrogen-bond acceptors (Lipinski definition) is 9. The number of amides is 1. The Morgan fingerprint density at radius 1 is 1.13 bits per heavy atom. The van der Waals surface area contributed by atoms with E-state index in [2.05, 4.69) is 10.5 Å². The molecule has 38 heavy (non-hydrogen) atoms. The van der Waals surface area contributed by atoms with E-state index < -0.39 is 41.7 Å². The number of likely N-dealkylation sites (tertiary alicyclic amines) is 1. The first-order valence-corrected chi connectivity index (χ1v) is 12.9. The summed E-state index contributed by atoms with van der Waals surface area (Å²) in [5.41, 5.74) is 6.11. The molecule has 0 saturated carbocycles. The molecule has 0 aromatic heterocycles. The van der Waals surface area contributed by atoms with Crippen LogP contribution in [0.4, 0.5) is 4.79 Å².